The number of amides is 1. The highest BCUT2D eigenvalue weighted by Crippen LogP contribution is 2.37. The predicted molar refractivity (Wildman–Crippen MR) is 135 cm³/mol. The number of halogens is 7. The number of hydrogen-bond donors (Lipinski definition) is 2. The summed E-state index contributed by atoms with van der Waals surface area (Å²) in [6.45, 7) is 1.30. The van der Waals surface area contributed by atoms with Crippen molar-refractivity contribution in [2.75, 3.05) is 13.1 Å². The third kappa shape index (κ3) is 7.03. The summed E-state index contributed by atoms with van der Waals surface area (Å²) in [6.07, 6.45) is -8.09. The molecule has 11 heteroatoms. The Bertz CT molecular complexity index is 1280. The highest BCUT2D eigenvalue weighted by atomic mass is 35.5. The number of carbonyl (C=O) groups is 1. The summed E-state index contributed by atoms with van der Waals surface area (Å²) in [5.41, 5.74) is 0.528. The third-order valence-corrected chi connectivity index (χ3v) is 7.79. The SMILES string of the molecule is O=C(NCc1cc(C(F)(F)F)cc(C(F)(F)F)c1)c1ccc(CSc2c(Cl)ccc3c2CCNCC3)cc1. The van der Waals surface area contributed by atoms with Gasteiger partial charge in [0.2, 0.25) is 0 Å². The topological polar surface area (TPSA) is 41.1 Å². The van der Waals surface area contributed by atoms with Crippen molar-refractivity contribution >= 4 is 29.3 Å². The lowest BCUT2D eigenvalue weighted by atomic mass is 10.0. The Balaban J connectivity index is 1.41. The lowest BCUT2D eigenvalue weighted by molar-refractivity contribution is -0.143. The van der Waals surface area contributed by atoms with Gasteiger partial charge in [-0.05, 0) is 84.6 Å². The average molecular weight is 573 g/mol. The van der Waals surface area contributed by atoms with Crippen LogP contribution in [0.15, 0.2) is 59.5 Å². The molecule has 3 aromatic rings. The van der Waals surface area contributed by atoms with Crippen LogP contribution in [0.1, 0.15) is 43.7 Å². The van der Waals surface area contributed by atoms with Gasteiger partial charge in [-0.25, -0.2) is 0 Å². The minimum atomic E-state index is -4.95. The Morgan fingerprint density at radius 1 is 0.868 bits per heavy atom. The molecule has 0 unspecified atom stereocenters. The molecule has 1 amide bonds. The molecule has 3 aromatic carbocycles. The molecule has 0 bridgehead atoms. The summed E-state index contributed by atoms with van der Waals surface area (Å²) < 4.78 is 78.4. The van der Waals surface area contributed by atoms with Gasteiger partial charge >= 0.3 is 12.4 Å². The first-order chi connectivity index (χ1) is 17.9. The van der Waals surface area contributed by atoms with Gasteiger partial charge in [0.15, 0.2) is 0 Å². The molecule has 0 aromatic heterocycles. The molecule has 0 saturated heterocycles. The Hall–Kier alpha value is -2.69. The second-order valence-electron chi connectivity index (χ2n) is 8.85. The van der Waals surface area contributed by atoms with Crippen LogP contribution in [-0.2, 0) is 37.5 Å². The zero-order chi connectivity index (χ0) is 27.5. The van der Waals surface area contributed by atoms with E-state index in [1.54, 1.807) is 36.0 Å². The molecule has 1 aliphatic heterocycles. The van der Waals surface area contributed by atoms with Crippen LogP contribution in [0.5, 0.6) is 0 Å². The maximum Gasteiger partial charge on any atom is 0.416 e. The van der Waals surface area contributed by atoms with Crippen LogP contribution in [0.25, 0.3) is 0 Å². The monoisotopic (exact) mass is 572 g/mol. The van der Waals surface area contributed by atoms with E-state index in [1.807, 2.05) is 6.07 Å². The van der Waals surface area contributed by atoms with E-state index in [2.05, 4.69) is 16.7 Å². The quantitative estimate of drug-likeness (QED) is 0.241. The molecule has 1 heterocycles. The van der Waals surface area contributed by atoms with E-state index in [-0.39, 0.29) is 17.2 Å². The molecule has 0 atom stereocenters. The molecular weight excluding hydrogens is 550 g/mol. The number of carbonyl (C=O) groups excluding carboxylic acids is 1. The van der Waals surface area contributed by atoms with Crippen molar-refractivity contribution in [2.24, 2.45) is 0 Å². The number of alkyl halides is 6. The summed E-state index contributed by atoms with van der Waals surface area (Å²) in [4.78, 5) is 13.6. The van der Waals surface area contributed by atoms with Gasteiger partial charge in [0.25, 0.3) is 5.91 Å². The van der Waals surface area contributed by atoms with Gasteiger partial charge in [0.05, 0.1) is 16.1 Å². The first-order valence-electron chi connectivity index (χ1n) is 11.7. The molecule has 4 rings (SSSR count). The zero-order valence-corrected chi connectivity index (χ0v) is 21.5. The van der Waals surface area contributed by atoms with Crippen molar-refractivity contribution in [3.05, 3.63) is 98.6 Å². The summed E-state index contributed by atoms with van der Waals surface area (Å²) in [6, 6.07) is 11.9. The number of hydrogen-bond acceptors (Lipinski definition) is 3. The fourth-order valence-electron chi connectivity index (χ4n) is 4.18. The molecule has 1 aliphatic rings. The number of fused-ring (bicyclic) bond motifs is 1. The first-order valence-corrected chi connectivity index (χ1v) is 13.1. The fourth-order valence-corrected chi connectivity index (χ4v) is 5.64. The van der Waals surface area contributed by atoms with Gasteiger partial charge in [-0.2, -0.15) is 26.3 Å². The van der Waals surface area contributed by atoms with Crippen LogP contribution >= 0.6 is 23.4 Å². The van der Waals surface area contributed by atoms with Gasteiger partial charge < -0.3 is 10.6 Å². The van der Waals surface area contributed by atoms with E-state index < -0.39 is 35.9 Å². The highest BCUT2D eigenvalue weighted by Gasteiger charge is 2.36. The molecule has 0 aliphatic carbocycles. The minimum Gasteiger partial charge on any atom is -0.348 e. The lowest BCUT2D eigenvalue weighted by Gasteiger charge is -2.15. The Morgan fingerprint density at radius 3 is 2.13 bits per heavy atom. The van der Waals surface area contributed by atoms with Crippen molar-refractivity contribution in [3.8, 4) is 0 Å². The Morgan fingerprint density at radius 2 is 1.50 bits per heavy atom. The van der Waals surface area contributed by atoms with Gasteiger partial charge in [0, 0.05) is 22.8 Å². The third-order valence-electron chi connectivity index (χ3n) is 6.13. The lowest BCUT2D eigenvalue weighted by Crippen LogP contribution is -2.23. The van der Waals surface area contributed by atoms with Gasteiger partial charge in [-0.3, -0.25) is 4.79 Å². The Labute approximate surface area is 225 Å². The maximum absolute atomic E-state index is 13.1. The summed E-state index contributed by atoms with van der Waals surface area (Å²) >= 11 is 8.09. The second kappa shape index (κ2) is 11.6. The van der Waals surface area contributed by atoms with Crippen molar-refractivity contribution in [1.82, 2.24) is 10.6 Å². The molecule has 0 spiro atoms. The molecule has 3 nitrogen and oxygen atoms in total. The largest absolute Gasteiger partial charge is 0.416 e. The van der Waals surface area contributed by atoms with E-state index in [4.69, 9.17) is 11.6 Å². The van der Waals surface area contributed by atoms with Crippen molar-refractivity contribution in [2.45, 2.75) is 42.4 Å². The predicted octanol–water partition coefficient (Wildman–Crippen LogP) is 7.29. The van der Waals surface area contributed by atoms with Crippen LogP contribution < -0.4 is 10.6 Å². The van der Waals surface area contributed by atoms with Crippen LogP contribution in [-0.4, -0.2) is 19.0 Å². The van der Waals surface area contributed by atoms with Crippen molar-refractivity contribution in [1.29, 1.82) is 0 Å². The maximum atomic E-state index is 13.1. The van der Waals surface area contributed by atoms with Crippen LogP contribution in [0.3, 0.4) is 0 Å². The van der Waals surface area contributed by atoms with E-state index in [9.17, 15) is 31.1 Å². The van der Waals surface area contributed by atoms with Crippen LogP contribution in [0, 0.1) is 0 Å². The molecule has 2 N–H and O–H groups in total. The molecule has 38 heavy (non-hydrogen) atoms. The van der Waals surface area contributed by atoms with Crippen molar-refractivity contribution in [3.63, 3.8) is 0 Å². The number of thioether (sulfide) groups is 1. The molecule has 0 fully saturated rings. The van der Waals surface area contributed by atoms with Crippen LogP contribution in [0.2, 0.25) is 5.02 Å². The Kier molecular flexibility index (Phi) is 8.64. The van der Waals surface area contributed by atoms with Crippen LogP contribution in [0.4, 0.5) is 26.3 Å². The molecule has 0 radical (unpaired) electrons. The van der Waals surface area contributed by atoms with E-state index in [0.717, 1.165) is 36.4 Å². The number of rotatable bonds is 6. The van der Waals surface area contributed by atoms with Gasteiger partial charge in [-0.1, -0.05) is 29.8 Å². The van der Waals surface area contributed by atoms with Gasteiger partial charge in [0.1, 0.15) is 0 Å². The smallest absolute Gasteiger partial charge is 0.348 e. The summed E-state index contributed by atoms with van der Waals surface area (Å²) in [7, 11) is 0. The number of nitrogens with one attached hydrogen (secondary N) is 2. The van der Waals surface area contributed by atoms with E-state index in [0.29, 0.717) is 22.9 Å². The van der Waals surface area contributed by atoms with E-state index >= 15 is 0 Å². The second-order valence-corrected chi connectivity index (χ2v) is 10.2. The first kappa shape index (κ1) is 28.3. The molecule has 0 saturated carbocycles. The summed E-state index contributed by atoms with van der Waals surface area (Å²) in [5, 5.41) is 6.47. The summed E-state index contributed by atoms with van der Waals surface area (Å²) in [5.74, 6) is -0.00485. The zero-order valence-electron chi connectivity index (χ0n) is 19.9. The van der Waals surface area contributed by atoms with E-state index in [1.165, 1.54) is 11.1 Å². The minimum absolute atomic E-state index is 0.0545. The van der Waals surface area contributed by atoms with Gasteiger partial charge in [-0.15, -0.1) is 11.8 Å². The normalized spacial score (nSPS) is 14.1. The number of benzene rings is 3. The molecule has 202 valence electrons. The standard InChI is InChI=1S/C27H23ClF6N2OS/c28-23-6-5-18-7-9-35-10-8-22(18)24(23)38-15-16-1-3-19(4-2-16)25(37)36-14-17-11-20(26(29,30)31)13-21(12-17)27(32,33)34/h1-6,11-13,35H,7-10,14-15H2,(H,36,37). The average Bonchev–Trinajstić information content (AvgIpc) is 3.11. The van der Waals surface area contributed by atoms with Crippen molar-refractivity contribution < 1.29 is 31.1 Å². The fraction of sp³-hybridized carbons (Fsp3) is 0.296. The molecular formula is C27H23ClF6N2OS. The highest BCUT2D eigenvalue weighted by molar-refractivity contribution is 7.98.